The van der Waals surface area contributed by atoms with Crippen molar-refractivity contribution in [1.82, 2.24) is 10.9 Å². The van der Waals surface area contributed by atoms with Crippen LogP contribution in [0.2, 0.25) is 5.02 Å². The smallest absolute Gasteiger partial charge is 0.374 e. The predicted octanol–water partition coefficient (Wildman–Crippen LogP) is 2.06. The van der Waals surface area contributed by atoms with Crippen molar-refractivity contribution in [2.75, 3.05) is 6.61 Å². The Morgan fingerprint density at radius 3 is 2.46 bits per heavy atom. The number of ether oxygens (including phenoxy) is 1. The van der Waals surface area contributed by atoms with Gasteiger partial charge in [0.2, 0.25) is 5.76 Å². The van der Waals surface area contributed by atoms with Crippen LogP contribution in [0.3, 0.4) is 0 Å². The molecule has 0 bridgehead atoms. The number of benzene rings is 2. The Balaban J connectivity index is 1.54. The molecule has 2 amide bonds. The van der Waals surface area contributed by atoms with Gasteiger partial charge in [-0.3, -0.25) is 25.2 Å². The van der Waals surface area contributed by atoms with Crippen molar-refractivity contribution in [1.29, 1.82) is 0 Å². The highest BCUT2D eigenvalue weighted by Gasteiger charge is 2.16. The fourth-order valence-corrected chi connectivity index (χ4v) is 2.37. The Morgan fingerprint density at radius 1 is 1.00 bits per heavy atom. The van der Waals surface area contributed by atoms with Crippen molar-refractivity contribution in [3.63, 3.8) is 0 Å². The minimum Gasteiger partial charge on any atom is -0.450 e. The van der Waals surface area contributed by atoms with E-state index in [0.29, 0.717) is 10.4 Å². The van der Waals surface area contributed by atoms with E-state index < -0.39 is 29.8 Å². The first-order valence-corrected chi connectivity index (χ1v) is 8.36. The summed E-state index contributed by atoms with van der Waals surface area (Å²) in [6.07, 6.45) is 0. The van der Waals surface area contributed by atoms with Crippen molar-refractivity contribution >= 4 is 40.4 Å². The summed E-state index contributed by atoms with van der Waals surface area (Å²) >= 11 is 5.73. The van der Waals surface area contributed by atoms with Crippen LogP contribution < -0.4 is 16.3 Å². The number of rotatable bonds is 4. The second-order valence-electron chi connectivity index (χ2n) is 5.56. The normalized spacial score (nSPS) is 10.3. The van der Waals surface area contributed by atoms with E-state index in [2.05, 4.69) is 10.9 Å². The molecule has 28 heavy (non-hydrogen) atoms. The molecular weight excluding hydrogens is 388 g/mol. The fourth-order valence-electron chi connectivity index (χ4n) is 2.24. The third kappa shape index (κ3) is 4.54. The lowest BCUT2D eigenvalue weighted by Gasteiger charge is -2.08. The average molecular weight is 401 g/mol. The van der Waals surface area contributed by atoms with Gasteiger partial charge in [-0.1, -0.05) is 23.7 Å². The number of hydrogen-bond acceptors (Lipinski definition) is 6. The van der Waals surface area contributed by atoms with Gasteiger partial charge in [0.25, 0.3) is 11.8 Å². The number of carbonyl (C=O) groups is 3. The summed E-state index contributed by atoms with van der Waals surface area (Å²) in [6, 6.07) is 13.4. The molecule has 0 unspecified atom stereocenters. The quantitative estimate of drug-likeness (QED) is 0.511. The van der Waals surface area contributed by atoms with Gasteiger partial charge in [-0.15, -0.1) is 0 Å². The summed E-state index contributed by atoms with van der Waals surface area (Å²) in [7, 11) is 0. The van der Waals surface area contributed by atoms with Gasteiger partial charge in [-0.05, 0) is 36.4 Å². The highest BCUT2D eigenvalue weighted by molar-refractivity contribution is 6.30. The Kier molecular flexibility index (Phi) is 5.71. The minimum absolute atomic E-state index is 0.224. The summed E-state index contributed by atoms with van der Waals surface area (Å²) < 4.78 is 10.1. The molecule has 0 atom stereocenters. The second kappa shape index (κ2) is 8.36. The van der Waals surface area contributed by atoms with Crippen molar-refractivity contribution < 1.29 is 23.5 Å². The topological polar surface area (TPSA) is 115 Å². The Morgan fingerprint density at radius 2 is 1.71 bits per heavy atom. The van der Waals surface area contributed by atoms with Gasteiger partial charge in [-0.25, -0.2) is 4.79 Å². The highest BCUT2D eigenvalue weighted by Crippen LogP contribution is 2.12. The molecule has 1 aromatic heterocycles. The van der Waals surface area contributed by atoms with Gasteiger partial charge in [0.1, 0.15) is 5.58 Å². The van der Waals surface area contributed by atoms with E-state index in [-0.39, 0.29) is 16.9 Å². The van der Waals surface area contributed by atoms with E-state index in [0.717, 1.165) is 6.07 Å². The van der Waals surface area contributed by atoms with Crippen LogP contribution in [0, 0.1) is 0 Å². The maximum Gasteiger partial charge on any atom is 0.374 e. The second-order valence-corrected chi connectivity index (χ2v) is 5.99. The molecule has 2 aromatic carbocycles. The maximum atomic E-state index is 12.0. The molecule has 0 radical (unpaired) electrons. The molecule has 3 aromatic rings. The van der Waals surface area contributed by atoms with Gasteiger partial charge in [0.05, 0.1) is 5.39 Å². The van der Waals surface area contributed by atoms with Crippen LogP contribution in [0.25, 0.3) is 11.0 Å². The van der Waals surface area contributed by atoms with E-state index in [1.54, 1.807) is 18.2 Å². The monoisotopic (exact) mass is 400 g/mol. The summed E-state index contributed by atoms with van der Waals surface area (Å²) in [5.74, 6) is -2.67. The molecule has 0 aliphatic carbocycles. The number of amides is 2. The molecule has 0 spiro atoms. The van der Waals surface area contributed by atoms with Crippen LogP contribution in [0.1, 0.15) is 20.9 Å². The number of carbonyl (C=O) groups excluding carboxylic acids is 3. The molecule has 142 valence electrons. The lowest BCUT2D eigenvalue weighted by atomic mass is 10.2. The fraction of sp³-hybridized carbons (Fsp3) is 0.0526. The number of fused-ring (bicyclic) bond motifs is 1. The molecule has 2 N–H and O–H groups in total. The number of halogens is 1. The van der Waals surface area contributed by atoms with Crippen LogP contribution in [0.4, 0.5) is 0 Å². The van der Waals surface area contributed by atoms with Crippen molar-refractivity contribution in [2.45, 2.75) is 0 Å². The van der Waals surface area contributed by atoms with Gasteiger partial charge >= 0.3 is 5.97 Å². The molecular formula is C19H13ClN2O6. The van der Waals surface area contributed by atoms with E-state index in [4.69, 9.17) is 20.8 Å². The summed E-state index contributed by atoms with van der Waals surface area (Å²) in [5, 5.41) is 0.787. The molecule has 1 heterocycles. The molecule has 0 aliphatic heterocycles. The molecule has 0 fully saturated rings. The van der Waals surface area contributed by atoms with Crippen LogP contribution in [-0.2, 0) is 9.53 Å². The number of nitrogens with one attached hydrogen (secondary N) is 2. The summed E-state index contributed by atoms with van der Waals surface area (Å²) in [5.41, 5.74) is 4.36. The van der Waals surface area contributed by atoms with E-state index in [1.807, 2.05) is 0 Å². The SMILES string of the molecule is O=C(COC(=O)c1cc(=O)c2ccccc2o1)NNC(=O)c1ccc(Cl)cc1. The van der Waals surface area contributed by atoms with Gasteiger partial charge in [0.15, 0.2) is 12.0 Å². The minimum atomic E-state index is -0.984. The number of esters is 1. The number of hydrazine groups is 1. The Bertz CT molecular complexity index is 1110. The van der Waals surface area contributed by atoms with Crippen LogP contribution in [0.15, 0.2) is 63.8 Å². The first-order valence-electron chi connectivity index (χ1n) is 7.99. The van der Waals surface area contributed by atoms with Gasteiger partial charge in [-0.2, -0.15) is 0 Å². The van der Waals surface area contributed by atoms with Crippen LogP contribution in [-0.4, -0.2) is 24.4 Å². The average Bonchev–Trinajstić information content (AvgIpc) is 2.70. The third-order valence-electron chi connectivity index (χ3n) is 3.59. The summed E-state index contributed by atoms with van der Waals surface area (Å²) in [4.78, 5) is 47.6. The summed E-state index contributed by atoms with van der Waals surface area (Å²) in [6.45, 7) is -0.684. The van der Waals surface area contributed by atoms with Crippen molar-refractivity contribution in [3.05, 3.63) is 81.2 Å². The standard InChI is InChI=1S/C19H13ClN2O6/c20-12-7-5-11(6-8-12)18(25)22-21-17(24)10-27-19(26)16-9-14(23)13-3-1-2-4-15(13)28-16/h1-9H,10H2,(H,21,24)(H,22,25). The third-order valence-corrected chi connectivity index (χ3v) is 3.84. The molecule has 0 aliphatic rings. The van der Waals surface area contributed by atoms with Gasteiger partial charge < -0.3 is 9.15 Å². The largest absolute Gasteiger partial charge is 0.450 e. The molecule has 0 saturated carbocycles. The first-order chi connectivity index (χ1) is 13.4. The number of hydrogen-bond donors (Lipinski definition) is 2. The lowest BCUT2D eigenvalue weighted by Crippen LogP contribution is -2.43. The Hall–Kier alpha value is -3.65. The molecule has 8 nitrogen and oxygen atoms in total. The zero-order valence-corrected chi connectivity index (χ0v) is 15.0. The first kappa shape index (κ1) is 19.1. The zero-order chi connectivity index (χ0) is 20.1. The lowest BCUT2D eigenvalue weighted by molar-refractivity contribution is -0.125. The Labute approximate surface area is 163 Å². The van der Waals surface area contributed by atoms with Gasteiger partial charge in [0, 0.05) is 16.7 Å². The van der Waals surface area contributed by atoms with E-state index >= 15 is 0 Å². The molecule has 0 saturated heterocycles. The highest BCUT2D eigenvalue weighted by atomic mass is 35.5. The van der Waals surface area contributed by atoms with Crippen molar-refractivity contribution in [2.24, 2.45) is 0 Å². The van der Waals surface area contributed by atoms with E-state index in [9.17, 15) is 19.2 Å². The predicted molar refractivity (Wildman–Crippen MR) is 99.8 cm³/mol. The zero-order valence-electron chi connectivity index (χ0n) is 14.2. The van der Waals surface area contributed by atoms with Crippen molar-refractivity contribution in [3.8, 4) is 0 Å². The van der Waals surface area contributed by atoms with Crippen LogP contribution >= 0.6 is 11.6 Å². The maximum absolute atomic E-state index is 12.0. The molecule has 9 heteroatoms. The van der Waals surface area contributed by atoms with Crippen LogP contribution in [0.5, 0.6) is 0 Å². The van der Waals surface area contributed by atoms with E-state index in [1.165, 1.54) is 30.3 Å². The molecule has 3 rings (SSSR count). The number of para-hydroxylation sites is 1.